The molecule has 1 aromatic rings. The quantitative estimate of drug-likeness (QED) is 0.826. The van der Waals surface area contributed by atoms with E-state index in [4.69, 9.17) is 5.26 Å². The van der Waals surface area contributed by atoms with E-state index in [1.807, 2.05) is 30.1 Å². The first-order valence-corrected chi connectivity index (χ1v) is 6.53. The maximum atomic E-state index is 11.6. The lowest BCUT2D eigenvalue weighted by Crippen LogP contribution is -2.32. The molecular formula is C10H15N3O2S. The van der Waals surface area contributed by atoms with E-state index in [1.54, 1.807) is 13.0 Å². The van der Waals surface area contributed by atoms with Gasteiger partial charge in [0.15, 0.2) is 5.25 Å². The molecule has 0 fully saturated rings. The molecule has 16 heavy (non-hydrogen) atoms. The molecule has 0 aliphatic carbocycles. The first kappa shape index (κ1) is 12.7. The Bertz CT molecular complexity index is 484. The highest BCUT2D eigenvalue weighted by Crippen LogP contribution is 2.05. The first-order chi connectivity index (χ1) is 7.49. The Morgan fingerprint density at radius 1 is 1.62 bits per heavy atom. The van der Waals surface area contributed by atoms with E-state index >= 15 is 0 Å². The van der Waals surface area contributed by atoms with Gasteiger partial charge in [-0.1, -0.05) is 6.92 Å². The molecule has 0 aromatic carbocycles. The van der Waals surface area contributed by atoms with Crippen LogP contribution in [0.5, 0.6) is 0 Å². The van der Waals surface area contributed by atoms with Gasteiger partial charge in [0.25, 0.3) is 0 Å². The Morgan fingerprint density at radius 2 is 2.31 bits per heavy atom. The van der Waals surface area contributed by atoms with Crippen LogP contribution in [0.25, 0.3) is 0 Å². The summed E-state index contributed by atoms with van der Waals surface area (Å²) in [7, 11) is -1.67. The lowest BCUT2D eigenvalue weighted by atomic mass is 10.3. The third-order valence-electron chi connectivity index (χ3n) is 2.26. The second kappa shape index (κ2) is 5.14. The molecule has 1 atom stereocenters. The smallest absolute Gasteiger partial charge is 0.228 e. The van der Waals surface area contributed by atoms with Gasteiger partial charge in [-0.15, -0.1) is 0 Å². The van der Waals surface area contributed by atoms with E-state index in [9.17, 15) is 8.42 Å². The molecule has 1 N–H and O–H groups in total. The highest BCUT2D eigenvalue weighted by molar-refractivity contribution is 7.90. The minimum absolute atomic E-state index is 0.224. The molecule has 0 saturated carbocycles. The minimum Gasteiger partial charge on any atom is -0.357 e. The number of nitriles is 1. The molecule has 1 unspecified atom stereocenters. The zero-order valence-electron chi connectivity index (χ0n) is 9.34. The van der Waals surface area contributed by atoms with Gasteiger partial charge in [-0.2, -0.15) is 5.26 Å². The Hall–Kier alpha value is -1.32. The van der Waals surface area contributed by atoms with Crippen LogP contribution in [0.4, 0.5) is 0 Å². The number of rotatable bonds is 5. The lowest BCUT2D eigenvalue weighted by Gasteiger charge is -2.08. The summed E-state index contributed by atoms with van der Waals surface area (Å²) < 4.78 is 27.5. The summed E-state index contributed by atoms with van der Waals surface area (Å²) in [5, 5.41) is 7.71. The average molecular weight is 241 g/mol. The predicted molar refractivity (Wildman–Crippen MR) is 60.9 cm³/mol. The fourth-order valence-corrected chi connectivity index (χ4v) is 2.48. The van der Waals surface area contributed by atoms with Crippen LogP contribution in [-0.2, 0) is 23.6 Å². The van der Waals surface area contributed by atoms with Crippen LogP contribution in [-0.4, -0.2) is 18.2 Å². The number of nitrogens with one attached hydrogen (secondary N) is 1. The van der Waals surface area contributed by atoms with Crippen molar-refractivity contribution in [1.82, 2.24) is 9.29 Å². The largest absolute Gasteiger partial charge is 0.357 e. The van der Waals surface area contributed by atoms with Crippen molar-refractivity contribution in [3.8, 4) is 6.07 Å². The molecule has 0 amide bonds. The SMILES string of the molecule is CCC(C#N)S(=O)(=O)NCc1ccn(C)c1. The number of aromatic nitrogens is 1. The summed E-state index contributed by atoms with van der Waals surface area (Å²) in [5.41, 5.74) is 0.874. The van der Waals surface area contributed by atoms with E-state index in [-0.39, 0.29) is 6.54 Å². The van der Waals surface area contributed by atoms with Crippen LogP contribution in [0.1, 0.15) is 18.9 Å². The normalized spacial score (nSPS) is 13.3. The average Bonchev–Trinajstić information content (AvgIpc) is 2.63. The van der Waals surface area contributed by atoms with Crippen molar-refractivity contribution in [1.29, 1.82) is 5.26 Å². The van der Waals surface area contributed by atoms with Gasteiger partial charge < -0.3 is 4.57 Å². The monoisotopic (exact) mass is 241 g/mol. The second-order valence-electron chi connectivity index (χ2n) is 3.58. The van der Waals surface area contributed by atoms with Crippen LogP contribution in [0.2, 0.25) is 0 Å². The van der Waals surface area contributed by atoms with Crippen LogP contribution < -0.4 is 4.72 Å². The van der Waals surface area contributed by atoms with Crippen LogP contribution >= 0.6 is 0 Å². The Labute approximate surface area is 95.7 Å². The third-order valence-corrected chi connectivity index (χ3v) is 3.99. The predicted octanol–water partition coefficient (Wildman–Crippen LogP) is 0.747. The summed E-state index contributed by atoms with van der Waals surface area (Å²) in [5.74, 6) is 0. The summed E-state index contributed by atoms with van der Waals surface area (Å²) >= 11 is 0. The lowest BCUT2D eigenvalue weighted by molar-refractivity contribution is 0.572. The number of aryl methyl sites for hydroxylation is 1. The molecule has 5 nitrogen and oxygen atoms in total. The zero-order valence-corrected chi connectivity index (χ0v) is 10.2. The van der Waals surface area contributed by atoms with Crippen LogP contribution in [0.3, 0.4) is 0 Å². The molecule has 0 saturated heterocycles. The molecule has 1 aromatic heterocycles. The van der Waals surface area contributed by atoms with Crippen molar-refractivity contribution in [2.24, 2.45) is 7.05 Å². The molecule has 1 heterocycles. The Balaban J connectivity index is 2.65. The van der Waals surface area contributed by atoms with Gasteiger partial charge in [-0.05, 0) is 18.1 Å². The Kier molecular flexibility index (Phi) is 4.10. The maximum absolute atomic E-state index is 11.6. The Morgan fingerprint density at radius 3 is 2.75 bits per heavy atom. The van der Waals surface area contributed by atoms with Gasteiger partial charge >= 0.3 is 0 Å². The number of sulfonamides is 1. The van der Waals surface area contributed by atoms with Crippen molar-refractivity contribution in [2.75, 3.05) is 0 Å². The fraction of sp³-hybridized carbons (Fsp3) is 0.500. The van der Waals surface area contributed by atoms with Gasteiger partial charge in [-0.3, -0.25) is 0 Å². The molecule has 0 bridgehead atoms. The number of hydrogen-bond acceptors (Lipinski definition) is 3. The van der Waals surface area contributed by atoms with Crippen molar-refractivity contribution in [3.63, 3.8) is 0 Å². The second-order valence-corrected chi connectivity index (χ2v) is 5.53. The minimum atomic E-state index is -3.53. The van der Waals surface area contributed by atoms with E-state index in [1.165, 1.54) is 0 Å². The highest BCUT2D eigenvalue weighted by Gasteiger charge is 2.22. The summed E-state index contributed by atoms with van der Waals surface area (Å²) in [4.78, 5) is 0. The molecule has 0 aliphatic rings. The van der Waals surface area contributed by atoms with Crippen molar-refractivity contribution in [3.05, 3.63) is 24.0 Å². The maximum Gasteiger partial charge on any atom is 0.228 e. The van der Waals surface area contributed by atoms with Crippen molar-refractivity contribution < 1.29 is 8.42 Å². The highest BCUT2D eigenvalue weighted by atomic mass is 32.2. The van der Waals surface area contributed by atoms with Crippen molar-refractivity contribution in [2.45, 2.75) is 25.1 Å². The fourth-order valence-electron chi connectivity index (χ4n) is 1.33. The molecule has 0 aliphatic heterocycles. The summed E-state index contributed by atoms with van der Waals surface area (Å²) in [6.07, 6.45) is 3.96. The van der Waals surface area contributed by atoms with Crippen LogP contribution in [0, 0.1) is 11.3 Å². The van der Waals surface area contributed by atoms with Crippen molar-refractivity contribution >= 4 is 10.0 Å². The number of hydrogen-bond donors (Lipinski definition) is 1. The molecular weight excluding hydrogens is 226 g/mol. The van der Waals surface area contributed by atoms with Gasteiger partial charge in [0.05, 0.1) is 6.07 Å². The third kappa shape index (κ3) is 3.08. The zero-order chi connectivity index (χ0) is 12.2. The van der Waals surface area contributed by atoms with E-state index < -0.39 is 15.3 Å². The van der Waals surface area contributed by atoms with Gasteiger partial charge in [0.2, 0.25) is 10.0 Å². The van der Waals surface area contributed by atoms with E-state index in [0.29, 0.717) is 6.42 Å². The molecule has 88 valence electrons. The summed E-state index contributed by atoms with van der Waals surface area (Å²) in [6.45, 7) is 1.90. The molecule has 6 heteroatoms. The van der Waals surface area contributed by atoms with Gasteiger partial charge in [0, 0.05) is 26.0 Å². The standard InChI is InChI=1S/C10H15N3O2S/c1-3-10(6-11)16(14,15)12-7-9-4-5-13(2)8-9/h4-5,8,10,12H,3,7H2,1-2H3. The molecule has 0 radical (unpaired) electrons. The molecule has 1 rings (SSSR count). The van der Waals surface area contributed by atoms with Gasteiger partial charge in [0.1, 0.15) is 0 Å². The van der Waals surface area contributed by atoms with Gasteiger partial charge in [-0.25, -0.2) is 13.1 Å². The first-order valence-electron chi connectivity index (χ1n) is 4.98. The van der Waals surface area contributed by atoms with E-state index in [0.717, 1.165) is 5.56 Å². The summed E-state index contributed by atoms with van der Waals surface area (Å²) in [6, 6.07) is 3.61. The van der Waals surface area contributed by atoms with E-state index in [2.05, 4.69) is 4.72 Å². The topological polar surface area (TPSA) is 74.9 Å². The number of nitrogens with zero attached hydrogens (tertiary/aromatic N) is 2. The molecule has 0 spiro atoms. The van der Waals surface area contributed by atoms with Crippen LogP contribution in [0.15, 0.2) is 18.5 Å².